The second kappa shape index (κ2) is 11.2. The van der Waals surface area contributed by atoms with Gasteiger partial charge in [0.2, 0.25) is 5.91 Å². The van der Waals surface area contributed by atoms with Crippen molar-refractivity contribution in [2.75, 3.05) is 13.1 Å². The summed E-state index contributed by atoms with van der Waals surface area (Å²) >= 11 is 5.88. The number of para-hydroxylation sites is 1. The van der Waals surface area contributed by atoms with Crippen molar-refractivity contribution in [2.45, 2.75) is 12.5 Å². The number of pyridine rings is 1. The Kier molecular flexibility index (Phi) is 8.12. The predicted octanol–water partition coefficient (Wildman–Crippen LogP) is 2.55. The molecule has 1 atom stereocenters. The van der Waals surface area contributed by atoms with Crippen LogP contribution in [0.2, 0.25) is 5.02 Å². The summed E-state index contributed by atoms with van der Waals surface area (Å²) in [6, 6.07) is 14.1. The van der Waals surface area contributed by atoms with Gasteiger partial charge in [0.1, 0.15) is 5.75 Å². The second-order valence-corrected chi connectivity index (χ2v) is 7.71. The number of aromatic hydroxyl groups is 1. The lowest BCUT2D eigenvalue weighted by molar-refractivity contribution is 0.0938. The van der Waals surface area contributed by atoms with Gasteiger partial charge < -0.3 is 21.5 Å². The summed E-state index contributed by atoms with van der Waals surface area (Å²) < 4.78 is 0. The number of benzene rings is 2. The van der Waals surface area contributed by atoms with E-state index in [9.17, 15) is 19.5 Å². The molecule has 1 aliphatic heterocycles. The van der Waals surface area contributed by atoms with Crippen molar-refractivity contribution in [3.8, 4) is 5.75 Å². The first kappa shape index (κ1) is 23.9. The van der Waals surface area contributed by atoms with E-state index in [0.717, 1.165) is 19.5 Å². The van der Waals surface area contributed by atoms with Gasteiger partial charge in [-0.3, -0.25) is 19.4 Å². The molecule has 3 aromatic rings. The molecule has 170 valence electrons. The normalized spacial score (nSPS) is 14.6. The molecule has 4 rings (SSSR count). The molecule has 0 saturated carbocycles. The minimum Gasteiger partial charge on any atom is -0.507 e. The van der Waals surface area contributed by atoms with Gasteiger partial charge >= 0.3 is 0 Å². The van der Waals surface area contributed by atoms with Crippen LogP contribution in [0.4, 0.5) is 0 Å². The van der Waals surface area contributed by atoms with Gasteiger partial charge in [-0.15, -0.1) is 0 Å². The van der Waals surface area contributed by atoms with E-state index in [2.05, 4.69) is 15.6 Å². The lowest BCUT2D eigenvalue weighted by atomic mass is 10.0. The van der Waals surface area contributed by atoms with E-state index < -0.39 is 5.91 Å². The van der Waals surface area contributed by atoms with E-state index in [-0.39, 0.29) is 45.2 Å². The van der Waals surface area contributed by atoms with Gasteiger partial charge in [0, 0.05) is 36.1 Å². The molecule has 0 aliphatic carbocycles. The molecule has 1 aliphatic rings. The van der Waals surface area contributed by atoms with E-state index in [1.54, 1.807) is 36.7 Å². The zero-order valence-corrected chi connectivity index (χ0v) is 18.4. The Hall–Kier alpha value is -3.75. The summed E-state index contributed by atoms with van der Waals surface area (Å²) in [5.74, 6) is -1.16. The number of halogens is 1. The Bertz CT molecular complexity index is 1150. The Balaban J connectivity index is 0.000000194. The van der Waals surface area contributed by atoms with Crippen LogP contribution in [0, 0.1) is 0 Å². The number of nitrogens with zero attached hydrogens (tertiary/aromatic N) is 1. The number of nitrogens with one attached hydrogen (secondary N) is 2. The number of primary amides is 1. The summed E-state index contributed by atoms with van der Waals surface area (Å²) in [6.45, 7) is 1.86. The smallest absolute Gasteiger partial charge is 0.251 e. The van der Waals surface area contributed by atoms with Crippen molar-refractivity contribution < 1.29 is 19.5 Å². The zero-order valence-electron chi connectivity index (χ0n) is 17.6. The number of phenolic OH excluding ortho intramolecular Hbond substituents is 1. The molecule has 0 spiro atoms. The van der Waals surface area contributed by atoms with Gasteiger partial charge in [0.25, 0.3) is 5.91 Å². The molecule has 1 aromatic heterocycles. The number of ketones is 1. The lowest BCUT2D eigenvalue weighted by Crippen LogP contribution is -2.36. The van der Waals surface area contributed by atoms with E-state index in [4.69, 9.17) is 17.3 Å². The first-order valence-electron chi connectivity index (χ1n) is 10.2. The number of hydrogen-bond acceptors (Lipinski definition) is 6. The molecule has 8 nitrogen and oxygen atoms in total. The molecule has 1 saturated heterocycles. The van der Waals surface area contributed by atoms with Crippen molar-refractivity contribution in [1.29, 1.82) is 0 Å². The molecule has 0 bridgehead atoms. The fraction of sp³-hybridized carbons (Fsp3) is 0.167. The van der Waals surface area contributed by atoms with Gasteiger partial charge in [0.05, 0.1) is 16.1 Å². The van der Waals surface area contributed by atoms with Crippen LogP contribution in [0.3, 0.4) is 0 Å². The number of amides is 2. The van der Waals surface area contributed by atoms with Gasteiger partial charge in [-0.1, -0.05) is 29.8 Å². The summed E-state index contributed by atoms with van der Waals surface area (Å²) in [7, 11) is 0. The predicted molar refractivity (Wildman–Crippen MR) is 124 cm³/mol. The third kappa shape index (κ3) is 6.38. The number of rotatable bonds is 5. The molecular weight excluding hydrogens is 444 g/mol. The molecule has 9 heteroatoms. The average molecular weight is 467 g/mol. The molecule has 33 heavy (non-hydrogen) atoms. The maximum Gasteiger partial charge on any atom is 0.251 e. The summed E-state index contributed by atoms with van der Waals surface area (Å²) in [4.78, 5) is 38.7. The first-order valence-corrected chi connectivity index (χ1v) is 10.6. The van der Waals surface area contributed by atoms with Crippen LogP contribution in [0.5, 0.6) is 5.75 Å². The monoisotopic (exact) mass is 466 g/mol. The number of hydrogen-bond donors (Lipinski definition) is 4. The van der Waals surface area contributed by atoms with Gasteiger partial charge in [-0.2, -0.15) is 0 Å². The number of aromatic nitrogens is 1. The molecule has 5 N–H and O–H groups in total. The van der Waals surface area contributed by atoms with E-state index >= 15 is 0 Å². The third-order valence-corrected chi connectivity index (χ3v) is 5.30. The highest BCUT2D eigenvalue weighted by Crippen LogP contribution is 2.23. The highest BCUT2D eigenvalue weighted by molar-refractivity contribution is 6.34. The Morgan fingerprint density at radius 3 is 2.36 bits per heavy atom. The van der Waals surface area contributed by atoms with Crippen molar-refractivity contribution in [2.24, 2.45) is 5.73 Å². The number of carbonyl (C=O) groups is 3. The van der Waals surface area contributed by atoms with Crippen molar-refractivity contribution in [3.05, 3.63) is 94.3 Å². The molecule has 0 radical (unpaired) electrons. The first-order chi connectivity index (χ1) is 15.9. The number of nitrogens with two attached hydrogens (primary N) is 1. The molecule has 2 aromatic carbocycles. The Morgan fingerprint density at radius 2 is 1.76 bits per heavy atom. The Morgan fingerprint density at radius 1 is 1.03 bits per heavy atom. The average Bonchev–Trinajstić information content (AvgIpc) is 3.33. The minimum atomic E-state index is -0.661. The SMILES string of the molecule is NC(=O)c1ccc(C(=O)c2ccccc2O)cc1Cl.O=C(N[C@H]1CCNC1)c1ccncc1. The van der Waals surface area contributed by atoms with Crippen LogP contribution < -0.4 is 16.4 Å². The highest BCUT2D eigenvalue weighted by atomic mass is 35.5. The molecule has 0 unspecified atom stereocenters. The largest absolute Gasteiger partial charge is 0.507 e. The fourth-order valence-electron chi connectivity index (χ4n) is 3.23. The van der Waals surface area contributed by atoms with Crippen molar-refractivity contribution >= 4 is 29.2 Å². The standard InChI is InChI=1S/C14H10ClNO3.C10H13N3O/c15-11-7-8(5-6-9(11)14(16)19)13(18)10-3-1-2-4-12(10)17;14-10(8-1-4-11-5-2-8)13-9-3-6-12-7-9/h1-7,17H,(H2,16,19);1-2,4-5,9,12H,3,6-7H2,(H,13,14)/t;9-/m.0/s1. The number of carbonyl (C=O) groups excluding carboxylic acids is 3. The summed E-state index contributed by atoms with van der Waals surface area (Å²) in [5, 5.41) is 15.9. The minimum absolute atomic E-state index is 0.0129. The molecular formula is C24H23ClN4O4. The van der Waals surface area contributed by atoms with Crippen LogP contribution in [0.1, 0.15) is 43.1 Å². The molecule has 1 fully saturated rings. The van der Waals surface area contributed by atoms with Gasteiger partial charge in [0.15, 0.2) is 5.78 Å². The fourth-order valence-corrected chi connectivity index (χ4v) is 3.50. The maximum absolute atomic E-state index is 12.2. The molecule has 2 amide bonds. The van der Waals surface area contributed by atoms with Gasteiger partial charge in [-0.05, 0) is 49.4 Å². The van der Waals surface area contributed by atoms with Crippen LogP contribution in [-0.2, 0) is 0 Å². The maximum atomic E-state index is 12.2. The summed E-state index contributed by atoms with van der Waals surface area (Å²) in [6.07, 6.45) is 4.26. The topological polar surface area (TPSA) is 134 Å². The van der Waals surface area contributed by atoms with Crippen LogP contribution >= 0.6 is 11.6 Å². The van der Waals surface area contributed by atoms with Crippen LogP contribution in [0.25, 0.3) is 0 Å². The van der Waals surface area contributed by atoms with Crippen LogP contribution in [-0.4, -0.2) is 46.8 Å². The summed E-state index contributed by atoms with van der Waals surface area (Å²) in [5.41, 5.74) is 6.40. The Labute approximate surface area is 195 Å². The van der Waals surface area contributed by atoms with E-state index in [1.165, 1.54) is 30.3 Å². The van der Waals surface area contributed by atoms with E-state index in [1.807, 2.05) is 0 Å². The lowest BCUT2D eigenvalue weighted by Gasteiger charge is -2.10. The zero-order chi connectivity index (χ0) is 23.8. The van der Waals surface area contributed by atoms with E-state index in [0.29, 0.717) is 5.56 Å². The second-order valence-electron chi connectivity index (χ2n) is 7.30. The van der Waals surface area contributed by atoms with Crippen molar-refractivity contribution in [1.82, 2.24) is 15.6 Å². The van der Waals surface area contributed by atoms with Crippen LogP contribution in [0.15, 0.2) is 67.0 Å². The number of phenols is 1. The molecule has 2 heterocycles. The highest BCUT2D eigenvalue weighted by Gasteiger charge is 2.17. The van der Waals surface area contributed by atoms with Crippen molar-refractivity contribution in [3.63, 3.8) is 0 Å². The quantitative estimate of drug-likeness (QED) is 0.427. The third-order valence-electron chi connectivity index (χ3n) is 4.98. The van der Waals surface area contributed by atoms with Gasteiger partial charge in [-0.25, -0.2) is 0 Å².